The van der Waals surface area contributed by atoms with E-state index in [0.29, 0.717) is 5.69 Å². The molecule has 2 aromatic rings. The number of nitrogens with one attached hydrogen (secondary N) is 1. The average molecular weight is 390 g/mol. The van der Waals surface area contributed by atoms with Gasteiger partial charge < -0.3 is 15.0 Å². The Hall–Kier alpha value is -2.87. The fourth-order valence-electron chi connectivity index (χ4n) is 2.31. The van der Waals surface area contributed by atoms with E-state index in [9.17, 15) is 18.0 Å². The molecule has 0 radical (unpaired) electrons. The highest BCUT2D eigenvalue weighted by molar-refractivity contribution is 7.91. The molecule has 0 aliphatic heterocycles. The highest BCUT2D eigenvalue weighted by atomic mass is 32.2. The number of hydrogen-bond acceptors (Lipinski definition) is 6. The van der Waals surface area contributed by atoms with E-state index >= 15 is 0 Å². The summed E-state index contributed by atoms with van der Waals surface area (Å²) in [6, 6.07) is 12.9. The van der Waals surface area contributed by atoms with Crippen LogP contribution in [0.15, 0.2) is 53.4 Å². The fraction of sp³-hybridized carbons (Fsp3) is 0.263. The average Bonchev–Trinajstić information content (AvgIpc) is 2.66. The molecule has 144 valence electrons. The summed E-state index contributed by atoms with van der Waals surface area (Å²) in [6.45, 7) is 0.973. The topological polar surface area (TPSA) is 92.8 Å². The van der Waals surface area contributed by atoms with Crippen molar-refractivity contribution >= 4 is 33.1 Å². The van der Waals surface area contributed by atoms with Gasteiger partial charge in [-0.25, -0.2) is 13.2 Å². The van der Waals surface area contributed by atoms with Crippen LogP contribution >= 0.6 is 0 Å². The van der Waals surface area contributed by atoms with Gasteiger partial charge in [-0.1, -0.05) is 19.1 Å². The second-order valence-electron chi connectivity index (χ2n) is 5.97. The minimum Gasteiger partial charge on any atom is -0.452 e. The molecule has 0 spiro atoms. The number of anilines is 2. The molecular formula is C19H22N2O5S. The Morgan fingerprint density at radius 1 is 1.04 bits per heavy atom. The number of ether oxygens (including phenoxy) is 1. The number of carbonyl (C=O) groups excluding carboxylic acids is 2. The van der Waals surface area contributed by atoms with Crippen LogP contribution in [-0.4, -0.2) is 46.7 Å². The molecule has 0 aliphatic carbocycles. The van der Waals surface area contributed by atoms with Crippen molar-refractivity contribution in [2.75, 3.05) is 36.7 Å². The number of benzene rings is 2. The maximum Gasteiger partial charge on any atom is 0.339 e. The van der Waals surface area contributed by atoms with Crippen molar-refractivity contribution in [3.63, 3.8) is 0 Å². The van der Waals surface area contributed by atoms with Crippen molar-refractivity contribution in [1.82, 2.24) is 0 Å². The third kappa shape index (κ3) is 5.30. The lowest BCUT2D eigenvalue weighted by atomic mass is 10.2. The second kappa shape index (κ2) is 8.68. The molecule has 0 heterocycles. The standard InChI is InChI=1S/C19H22N2O5S/c1-4-27(24,25)17-8-6-5-7-16(17)19(23)26-13-18(22)20-14-9-11-15(12-10-14)21(2)3/h5-12H,4,13H2,1-3H3,(H,20,22). The molecular weight excluding hydrogens is 368 g/mol. The Morgan fingerprint density at radius 3 is 2.26 bits per heavy atom. The summed E-state index contributed by atoms with van der Waals surface area (Å²) in [5.41, 5.74) is 1.46. The first-order valence-corrected chi connectivity index (χ1v) is 9.96. The van der Waals surface area contributed by atoms with Gasteiger partial charge in [0, 0.05) is 25.5 Å². The van der Waals surface area contributed by atoms with E-state index in [1.54, 1.807) is 12.1 Å². The molecule has 2 aromatic carbocycles. The molecule has 0 bridgehead atoms. The van der Waals surface area contributed by atoms with Crippen LogP contribution in [0.2, 0.25) is 0 Å². The van der Waals surface area contributed by atoms with E-state index in [4.69, 9.17) is 4.74 Å². The lowest BCUT2D eigenvalue weighted by Gasteiger charge is -2.13. The van der Waals surface area contributed by atoms with Gasteiger partial charge in [-0.15, -0.1) is 0 Å². The first kappa shape index (κ1) is 20.4. The Labute approximate surface area is 158 Å². The SMILES string of the molecule is CCS(=O)(=O)c1ccccc1C(=O)OCC(=O)Nc1ccc(N(C)C)cc1. The van der Waals surface area contributed by atoms with Crippen LogP contribution in [0.5, 0.6) is 0 Å². The summed E-state index contributed by atoms with van der Waals surface area (Å²) in [6.07, 6.45) is 0. The minimum atomic E-state index is -3.58. The number of carbonyl (C=O) groups is 2. The highest BCUT2D eigenvalue weighted by Gasteiger charge is 2.22. The molecule has 27 heavy (non-hydrogen) atoms. The first-order valence-electron chi connectivity index (χ1n) is 8.30. The molecule has 0 unspecified atom stereocenters. The van der Waals surface area contributed by atoms with E-state index in [-0.39, 0.29) is 16.2 Å². The van der Waals surface area contributed by atoms with E-state index in [2.05, 4.69) is 5.32 Å². The van der Waals surface area contributed by atoms with E-state index < -0.39 is 28.3 Å². The van der Waals surface area contributed by atoms with Crippen molar-refractivity contribution in [3.8, 4) is 0 Å². The number of rotatable bonds is 7. The third-order valence-electron chi connectivity index (χ3n) is 3.82. The molecule has 0 aromatic heterocycles. The minimum absolute atomic E-state index is 0.0810. The molecule has 0 aliphatic rings. The van der Waals surface area contributed by atoms with Gasteiger partial charge in [0.25, 0.3) is 5.91 Å². The van der Waals surface area contributed by atoms with Gasteiger partial charge in [0.15, 0.2) is 16.4 Å². The largest absolute Gasteiger partial charge is 0.452 e. The molecule has 0 atom stereocenters. The molecule has 0 fully saturated rings. The molecule has 7 nitrogen and oxygen atoms in total. The van der Waals surface area contributed by atoms with Crippen LogP contribution in [-0.2, 0) is 19.4 Å². The normalized spacial score (nSPS) is 10.9. The smallest absolute Gasteiger partial charge is 0.339 e. The fourth-order valence-corrected chi connectivity index (χ4v) is 3.39. The molecule has 8 heteroatoms. The summed E-state index contributed by atoms with van der Waals surface area (Å²) >= 11 is 0. The van der Waals surface area contributed by atoms with E-state index in [1.165, 1.54) is 31.2 Å². The first-order chi connectivity index (χ1) is 12.7. The van der Waals surface area contributed by atoms with Gasteiger partial charge in [0.05, 0.1) is 16.2 Å². The number of nitrogens with zero attached hydrogens (tertiary/aromatic N) is 1. The summed E-state index contributed by atoms with van der Waals surface area (Å²) in [5.74, 6) is -1.52. The zero-order chi connectivity index (χ0) is 20.0. The quantitative estimate of drug-likeness (QED) is 0.730. The van der Waals surface area contributed by atoms with Crippen LogP contribution in [0, 0.1) is 0 Å². The van der Waals surface area contributed by atoms with Crippen LogP contribution in [0.4, 0.5) is 11.4 Å². The maximum absolute atomic E-state index is 12.2. The molecule has 1 amide bonds. The van der Waals surface area contributed by atoms with Crippen molar-refractivity contribution < 1.29 is 22.7 Å². The third-order valence-corrected chi connectivity index (χ3v) is 5.61. The number of amides is 1. The van der Waals surface area contributed by atoms with Gasteiger partial charge in [0.1, 0.15) is 0 Å². The molecule has 1 N–H and O–H groups in total. The van der Waals surface area contributed by atoms with Gasteiger partial charge in [-0.2, -0.15) is 0 Å². The predicted octanol–water partition coefficient (Wildman–Crippen LogP) is 2.34. The Kier molecular flexibility index (Phi) is 6.57. The van der Waals surface area contributed by atoms with Crippen molar-refractivity contribution in [1.29, 1.82) is 0 Å². The zero-order valence-corrected chi connectivity index (χ0v) is 16.2. The van der Waals surface area contributed by atoms with Crippen LogP contribution < -0.4 is 10.2 Å². The van der Waals surface area contributed by atoms with Crippen LogP contribution in [0.1, 0.15) is 17.3 Å². The number of esters is 1. The highest BCUT2D eigenvalue weighted by Crippen LogP contribution is 2.18. The molecule has 0 saturated carbocycles. The Balaban J connectivity index is 2.01. The van der Waals surface area contributed by atoms with Crippen molar-refractivity contribution in [2.45, 2.75) is 11.8 Å². The Morgan fingerprint density at radius 2 is 1.67 bits per heavy atom. The van der Waals surface area contributed by atoms with Crippen molar-refractivity contribution in [2.24, 2.45) is 0 Å². The summed E-state index contributed by atoms with van der Waals surface area (Å²) in [5, 5.41) is 2.62. The number of hydrogen-bond donors (Lipinski definition) is 1. The molecule has 2 rings (SSSR count). The van der Waals surface area contributed by atoms with Gasteiger partial charge >= 0.3 is 5.97 Å². The van der Waals surface area contributed by atoms with Crippen molar-refractivity contribution in [3.05, 3.63) is 54.1 Å². The zero-order valence-electron chi connectivity index (χ0n) is 15.4. The van der Waals surface area contributed by atoms with E-state index in [1.807, 2.05) is 31.1 Å². The summed E-state index contributed by atoms with van der Waals surface area (Å²) in [4.78, 5) is 26.0. The lowest BCUT2D eigenvalue weighted by Crippen LogP contribution is -2.22. The van der Waals surface area contributed by atoms with Gasteiger partial charge in [-0.3, -0.25) is 4.79 Å². The second-order valence-corrected chi connectivity index (χ2v) is 8.21. The summed E-state index contributed by atoms with van der Waals surface area (Å²) in [7, 11) is 0.235. The van der Waals surface area contributed by atoms with Gasteiger partial charge in [-0.05, 0) is 36.4 Å². The Bertz CT molecular complexity index is 921. The monoisotopic (exact) mass is 390 g/mol. The van der Waals surface area contributed by atoms with E-state index in [0.717, 1.165) is 5.69 Å². The maximum atomic E-state index is 12.2. The van der Waals surface area contributed by atoms with Crippen LogP contribution in [0.25, 0.3) is 0 Å². The molecule has 0 saturated heterocycles. The number of sulfone groups is 1. The lowest BCUT2D eigenvalue weighted by molar-refractivity contribution is -0.119. The van der Waals surface area contributed by atoms with Crippen LogP contribution in [0.3, 0.4) is 0 Å². The summed E-state index contributed by atoms with van der Waals surface area (Å²) < 4.78 is 29.2. The van der Waals surface area contributed by atoms with Gasteiger partial charge in [0.2, 0.25) is 0 Å². The predicted molar refractivity (Wildman–Crippen MR) is 104 cm³/mol.